The molecule has 1 aromatic heterocycles. The summed E-state index contributed by atoms with van der Waals surface area (Å²) >= 11 is 0. The third-order valence-electron chi connectivity index (χ3n) is 5.59. The fraction of sp³-hybridized carbons (Fsp3) is 0.824. The first kappa shape index (κ1) is 17.7. The number of halogens is 1. The van der Waals surface area contributed by atoms with E-state index < -0.39 is 0 Å². The first-order valence-electron chi connectivity index (χ1n) is 9.27. The van der Waals surface area contributed by atoms with Gasteiger partial charge in [-0.15, -0.1) is 22.6 Å². The molecular weight excluding hydrogens is 326 g/mol. The van der Waals surface area contributed by atoms with Gasteiger partial charge in [0.15, 0.2) is 0 Å². The lowest BCUT2D eigenvalue weighted by Crippen LogP contribution is -2.47. The monoisotopic (exact) mass is 353 g/mol. The van der Waals surface area contributed by atoms with Crippen molar-refractivity contribution in [2.75, 3.05) is 19.6 Å². The minimum atomic E-state index is 0. The minimum Gasteiger partial charge on any atom is -0.341 e. The molecule has 24 heavy (non-hydrogen) atoms. The van der Waals surface area contributed by atoms with E-state index in [4.69, 9.17) is 0 Å². The van der Waals surface area contributed by atoms with E-state index in [2.05, 4.69) is 25.0 Å². The Hall–Kier alpha value is -1.14. The molecule has 1 N–H and O–H groups in total. The average Bonchev–Trinajstić information content (AvgIpc) is 3.20. The Kier molecular flexibility index (Phi) is 5.76. The smallest absolute Gasteiger partial charge is 0.239 e. The molecule has 3 aliphatic heterocycles. The van der Waals surface area contributed by atoms with Crippen molar-refractivity contribution >= 4 is 18.3 Å². The van der Waals surface area contributed by atoms with E-state index in [0.29, 0.717) is 11.8 Å². The number of hydrogen-bond donors (Lipinski definition) is 1. The van der Waals surface area contributed by atoms with Gasteiger partial charge in [0.2, 0.25) is 5.91 Å². The Morgan fingerprint density at radius 3 is 2.79 bits per heavy atom. The molecule has 0 aromatic carbocycles. The van der Waals surface area contributed by atoms with E-state index in [1.165, 1.54) is 19.3 Å². The zero-order chi connectivity index (χ0) is 15.6. The normalized spacial score (nSPS) is 27.2. The number of amides is 1. The van der Waals surface area contributed by atoms with Crippen LogP contribution in [0.25, 0.3) is 0 Å². The molecule has 3 aliphatic rings. The van der Waals surface area contributed by atoms with Crippen LogP contribution in [-0.2, 0) is 17.8 Å². The SMILES string of the molecule is Cl.O=C(C1CCCN1)N1CCCC(c2nnc3n2CCCCC3)C1. The molecule has 134 valence electrons. The van der Waals surface area contributed by atoms with Crippen LogP contribution in [0.5, 0.6) is 0 Å². The van der Waals surface area contributed by atoms with Crippen LogP contribution in [0, 0.1) is 0 Å². The maximum Gasteiger partial charge on any atom is 0.239 e. The summed E-state index contributed by atoms with van der Waals surface area (Å²) in [5.41, 5.74) is 0. The molecule has 0 saturated carbocycles. The van der Waals surface area contributed by atoms with E-state index in [1.807, 2.05) is 0 Å². The fourth-order valence-electron chi connectivity index (χ4n) is 4.31. The number of aromatic nitrogens is 3. The highest BCUT2D eigenvalue weighted by Crippen LogP contribution is 2.28. The Morgan fingerprint density at radius 1 is 1.04 bits per heavy atom. The number of carbonyl (C=O) groups is 1. The topological polar surface area (TPSA) is 63.1 Å². The summed E-state index contributed by atoms with van der Waals surface area (Å²) in [7, 11) is 0. The van der Waals surface area contributed by atoms with Gasteiger partial charge in [0.1, 0.15) is 11.6 Å². The van der Waals surface area contributed by atoms with Crippen molar-refractivity contribution < 1.29 is 4.79 Å². The molecule has 2 unspecified atom stereocenters. The number of carbonyl (C=O) groups excluding carboxylic acids is 1. The standard InChI is InChI=1S/C17H27N5O.ClH/c23-17(14-7-4-9-18-14)21-10-5-6-13(12-21)16-20-19-15-8-2-1-3-11-22(15)16;/h13-14,18H,1-12H2;1H. The second kappa shape index (κ2) is 7.83. The Labute approximate surface area is 149 Å². The third kappa shape index (κ3) is 3.45. The molecule has 4 heterocycles. The number of likely N-dealkylation sites (tertiary alicyclic amines) is 1. The van der Waals surface area contributed by atoms with E-state index in [0.717, 1.165) is 69.9 Å². The Morgan fingerprint density at radius 2 is 1.96 bits per heavy atom. The summed E-state index contributed by atoms with van der Waals surface area (Å²) < 4.78 is 2.35. The van der Waals surface area contributed by atoms with Crippen molar-refractivity contribution in [1.29, 1.82) is 0 Å². The van der Waals surface area contributed by atoms with Crippen LogP contribution in [0.3, 0.4) is 0 Å². The van der Waals surface area contributed by atoms with Gasteiger partial charge in [0, 0.05) is 32.0 Å². The number of fused-ring (bicyclic) bond motifs is 1. The van der Waals surface area contributed by atoms with Crippen molar-refractivity contribution in [2.24, 2.45) is 0 Å². The van der Waals surface area contributed by atoms with Crippen LogP contribution in [-0.4, -0.2) is 51.2 Å². The number of nitrogens with zero attached hydrogens (tertiary/aromatic N) is 4. The first-order valence-corrected chi connectivity index (χ1v) is 9.27. The lowest BCUT2D eigenvalue weighted by Gasteiger charge is -2.34. The summed E-state index contributed by atoms with van der Waals surface area (Å²) in [6, 6.07) is 0.0456. The summed E-state index contributed by atoms with van der Waals surface area (Å²) in [6.07, 6.45) is 9.08. The number of rotatable bonds is 2. The molecule has 6 nitrogen and oxygen atoms in total. The largest absolute Gasteiger partial charge is 0.341 e. The van der Waals surface area contributed by atoms with Crippen LogP contribution >= 0.6 is 12.4 Å². The van der Waals surface area contributed by atoms with Crippen LogP contribution in [0.2, 0.25) is 0 Å². The zero-order valence-corrected chi connectivity index (χ0v) is 15.1. The van der Waals surface area contributed by atoms with Gasteiger partial charge >= 0.3 is 0 Å². The van der Waals surface area contributed by atoms with Gasteiger partial charge in [-0.05, 0) is 45.1 Å². The van der Waals surface area contributed by atoms with Crippen LogP contribution in [0.4, 0.5) is 0 Å². The molecule has 2 saturated heterocycles. The van der Waals surface area contributed by atoms with Gasteiger partial charge in [-0.1, -0.05) is 6.42 Å². The quantitative estimate of drug-likeness (QED) is 0.881. The summed E-state index contributed by atoms with van der Waals surface area (Å²) in [5.74, 6) is 2.92. The van der Waals surface area contributed by atoms with Gasteiger partial charge in [-0.25, -0.2) is 0 Å². The molecule has 1 aromatic rings. The Bertz CT molecular complexity index is 569. The van der Waals surface area contributed by atoms with E-state index in [-0.39, 0.29) is 18.4 Å². The highest BCUT2D eigenvalue weighted by atomic mass is 35.5. The second-order valence-electron chi connectivity index (χ2n) is 7.21. The molecule has 0 bridgehead atoms. The van der Waals surface area contributed by atoms with Crippen LogP contribution in [0.15, 0.2) is 0 Å². The van der Waals surface area contributed by atoms with Crippen molar-refractivity contribution in [3.05, 3.63) is 11.6 Å². The minimum absolute atomic E-state index is 0. The lowest BCUT2D eigenvalue weighted by molar-refractivity contribution is -0.134. The van der Waals surface area contributed by atoms with E-state index in [9.17, 15) is 4.79 Å². The molecule has 0 radical (unpaired) electrons. The van der Waals surface area contributed by atoms with Gasteiger partial charge < -0.3 is 14.8 Å². The van der Waals surface area contributed by atoms with Crippen molar-refractivity contribution in [2.45, 2.75) is 69.9 Å². The molecule has 1 amide bonds. The number of nitrogens with one attached hydrogen (secondary N) is 1. The van der Waals surface area contributed by atoms with Crippen molar-refractivity contribution in [1.82, 2.24) is 25.0 Å². The predicted octanol–water partition coefficient (Wildman–Crippen LogP) is 1.88. The first-order chi connectivity index (χ1) is 11.3. The molecule has 7 heteroatoms. The summed E-state index contributed by atoms with van der Waals surface area (Å²) in [4.78, 5) is 14.7. The lowest BCUT2D eigenvalue weighted by atomic mass is 9.96. The summed E-state index contributed by atoms with van der Waals surface area (Å²) in [6.45, 7) is 3.74. The van der Waals surface area contributed by atoms with Gasteiger partial charge in [0.25, 0.3) is 0 Å². The third-order valence-corrected chi connectivity index (χ3v) is 5.59. The molecule has 2 atom stereocenters. The number of hydrogen-bond acceptors (Lipinski definition) is 4. The van der Waals surface area contributed by atoms with Crippen LogP contribution in [0.1, 0.15) is 62.5 Å². The number of aryl methyl sites for hydroxylation is 1. The van der Waals surface area contributed by atoms with Gasteiger partial charge in [-0.3, -0.25) is 4.79 Å². The van der Waals surface area contributed by atoms with E-state index in [1.54, 1.807) is 0 Å². The molecule has 0 aliphatic carbocycles. The molecular formula is C17H28ClN5O. The Balaban J connectivity index is 0.00000169. The maximum atomic E-state index is 12.7. The molecule has 2 fully saturated rings. The summed E-state index contributed by atoms with van der Waals surface area (Å²) in [5, 5.41) is 12.3. The number of piperidine rings is 1. The van der Waals surface area contributed by atoms with Crippen molar-refractivity contribution in [3.63, 3.8) is 0 Å². The fourth-order valence-corrected chi connectivity index (χ4v) is 4.31. The van der Waals surface area contributed by atoms with Gasteiger partial charge in [-0.2, -0.15) is 0 Å². The molecule has 0 spiro atoms. The zero-order valence-electron chi connectivity index (χ0n) is 14.2. The predicted molar refractivity (Wildman–Crippen MR) is 94.4 cm³/mol. The van der Waals surface area contributed by atoms with Gasteiger partial charge in [0.05, 0.1) is 6.04 Å². The van der Waals surface area contributed by atoms with Crippen molar-refractivity contribution in [3.8, 4) is 0 Å². The van der Waals surface area contributed by atoms with E-state index >= 15 is 0 Å². The molecule has 4 rings (SSSR count). The highest BCUT2D eigenvalue weighted by molar-refractivity contribution is 5.85. The second-order valence-corrected chi connectivity index (χ2v) is 7.21. The maximum absolute atomic E-state index is 12.7. The average molecular weight is 354 g/mol. The van der Waals surface area contributed by atoms with Crippen LogP contribution < -0.4 is 5.32 Å². The highest BCUT2D eigenvalue weighted by Gasteiger charge is 2.33.